The van der Waals surface area contributed by atoms with Crippen LogP contribution in [0.2, 0.25) is 0 Å². The molecule has 1 rings (SSSR count). The zero-order valence-corrected chi connectivity index (χ0v) is 9.25. The summed E-state index contributed by atoms with van der Waals surface area (Å²) in [5.41, 5.74) is -5.66. The van der Waals surface area contributed by atoms with E-state index in [9.17, 15) is 19.2 Å². The molecule has 0 radical (unpaired) electrons. The van der Waals surface area contributed by atoms with Gasteiger partial charge in [0.2, 0.25) is 0 Å². The van der Waals surface area contributed by atoms with Crippen LogP contribution in [0.5, 0.6) is 0 Å². The molecule has 0 bridgehead atoms. The predicted octanol–water partition coefficient (Wildman–Crippen LogP) is -0.128. The predicted molar refractivity (Wildman–Crippen MR) is 53.9 cm³/mol. The maximum absolute atomic E-state index is 11.2. The van der Waals surface area contributed by atoms with E-state index in [1.165, 1.54) is 0 Å². The van der Waals surface area contributed by atoms with Gasteiger partial charge in [0, 0.05) is 0 Å². The fourth-order valence-electron chi connectivity index (χ4n) is 2.55. The number of carboxylic acid groups (broad SMARTS) is 4. The molecular formula is C10H12O8. The van der Waals surface area contributed by atoms with Gasteiger partial charge in [0.15, 0.2) is 10.8 Å². The fraction of sp³-hybridized carbons (Fsp3) is 0.600. The molecule has 1 fully saturated rings. The Hall–Kier alpha value is -2.12. The van der Waals surface area contributed by atoms with E-state index in [1.807, 2.05) is 0 Å². The van der Waals surface area contributed by atoms with Gasteiger partial charge in [-0.1, -0.05) is 12.8 Å². The van der Waals surface area contributed by atoms with Crippen LogP contribution in [0.3, 0.4) is 0 Å². The second-order valence-corrected chi connectivity index (χ2v) is 4.24. The van der Waals surface area contributed by atoms with Crippen LogP contribution in [-0.4, -0.2) is 44.3 Å². The smallest absolute Gasteiger partial charge is 0.322 e. The number of carboxylic acids is 4. The van der Waals surface area contributed by atoms with Crippen molar-refractivity contribution >= 4 is 23.9 Å². The highest BCUT2D eigenvalue weighted by Crippen LogP contribution is 2.52. The zero-order chi connectivity index (χ0) is 14.1. The van der Waals surface area contributed by atoms with Gasteiger partial charge >= 0.3 is 23.9 Å². The highest BCUT2D eigenvalue weighted by atomic mass is 16.4. The van der Waals surface area contributed by atoms with Gasteiger partial charge in [0.05, 0.1) is 0 Å². The van der Waals surface area contributed by atoms with E-state index in [0.29, 0.717) is 0 Å². The van der Waals surface area contributed by atoms with Gasteiger partial charge in [-0.15, -0.1) is 0 Å². The Morgan fingerprint density at radius 2 is 0.833 bits per heavy atom. The van der Waals surface area contributed by atoms with Crippen molar-refractivity contribution in [3.05, 3.63) is 0 Å². The minimum atomic E-state index is -2.83. The first-order chi connectivity index (χ1) is 8.23. The highest BCUT2D eigenvalue weighted by molar-refractivity contribution is 6.13. The molecule has 0 aromatic heterocycles. The molecule has 100 valence electrons. The molecule has 0 atom stereocenters. The van der Waals surface area contributed by atoms with E-state index >= 15 is 0 Å². The van der Waals surface area contributed by atoms with E-state index in [-0.39, 0.29) is 12.8 Å². The SMILES string of the molecule is O=C(O)C1(C(=O)O)CCCCC1(C(=O)O)C(=O)O. The molecule has 1 aliphatic rings. The lowest BCUT2D eigenvalue weighted by molar-refractivity contribution is -0.200. The van der Waals surface area contributed by atoms with Gasteiger partial charge in [0.25, 0.3) is 0 Å². The monoisotopic (exact) mass is 260 g/mol. The molecule has 0 amide bonds. The first-order valence-corrected chi connectivity index (χ1v) is 5.17. The number of hydrogen-bond donors (Lipinski definition) is 4. The molecule has 8 nitrogen and oxygen atoms in total. The summed E-state index contributed by atoms with van der Waals surface area (Å²) in [6.45, 7) is 0. The van der Waals surface area contributed by atoms with Gasteiger partial charge < -0.3 is 20.4 Å². The third-order valence-corrected chi connectivity index (χ3v) is 3.54. The van der Waals surface area contributed by atoms with Crippen molar-refractivity contribution in [2.45, 2.75) is 25.7 Å². The summed E-state index contributed by atoms with van der Waals surface area (Å²) in [6.07, 6.45) is -0.728. The van der Waals surface area contributed by atoms with Crippen LogP contribution in [-0.2, 0) is 19.2 Å². The second kappa shape index (κ2) is 4.28. The van der Waals surface area contributed by atoms with Crippen LogP contribution in [0, 0.1) is 10.8 Å². The molecule has 0 unspecified atom stereocenters. The second-order valence-electron chi connectivity index (χ2n) is 4.24. The summed E-state index contributed by atoms with van der Waals surface area (Å²) < 4.78 is 0. The molecule has 18 heavy (non-hydrogen) atoms. The molecule has 4 N–H and O–H groups in total. The van der Waals surface area contributed by atoms with E-state index in [0.717, 1.165) is 0 Å². The van der Waals surface area contributed by atoms with Crippen LogP contribution in [0.4, 0.5) is 0 Å². The normalized spacial score (nSPS) is 20.9. The highest BCUT2D eigenvalue weighted by Gasteiger charge is 2.71. The van der Waals surface area contributed by atoms with Crippen molar-refractivity contribution in [3.63, 3.8) is 0 Å². The standard InChI is InChI=1S/C10H12O8/c11-5(12)9(6(13)14)3-1-2-4-10(9,7(15)16)8(17)18/h1-4H2,(H,11,12)(H,13,14)(H,15,16)(H,17,18). The first-order valence-electron chi connectivity index (χ1n) is 5.17. The third-order valence-electron chi connectivity index (χ3n) is 3.54. The van der Waals surface area contributed by atoms with E-state index in [2.05, 4.69) is 0 Å². The molecular weight excluding hydrogens is 248 g/mol. The minimum Gasteiger partial charge on any atom is -0.480 e. The van der Waals surface area contributed by atoms with Crippen molar-refractivity contribution in [2.24, 2.45) is 10.8 Å². The topological polar surface area (TPSA) is 149 Å². The molecule has 0 spiro atoms. The van der Waals surface area contributed by atoms with Gasteiger partial charge in [-0.25, -0.2) is 0 Å². The van der Waals surface area contributed by atoms with Crippen LogP contribution in [0.25, 0.3) is 0 Å². The average Bonchev–Trinajstić information content (AvgIpc) is 2.27. The minimum absolute atomic E-state index is 0.154. The van der Waals surface area contributed by atoms with Crippen molar-refractivity contribution in [1.29, 1.82) is 0 Å². The van der Waals surface area contributed by atoms with Crippen molar-refractivity contribution in [3.8, 4) is 0 Å². The maximum Gasteiger partial charge on any atom is 0.322 e. The van der Waals surface area contributed by atoms with E-state index in [4.69, 9.17) is 20.4 Å². The van der Waals surface area contributed by atoms with Crippen molar-refractivity contribution in [2.75, 3.05) is 0 Å². The van der Waals surface area contributed by atoms with E-state index < -0.39 is 47.5 Å². The quantitative estimate of drug-likeness (QED) is 0.510. The molecule has 0 aromatic carbocycles. The molecule has 0 saturated heterocycles. The first kappa shape index (κ1) is 13.9. The van der Waals surface area contributed by atoms with Crippen LogP contribution in [0.1, 0.15) is 25.7 Å². The fourth-order valence-corrected chi connectivity index (χ4v) is 2.55. The lowest BCUT2D eigenvalue weighted by Crippen LogP contribution is -2.62. The summed E-state index contributed by atoms with van der Waals surface area (Å²) in [5, 5.41) is 36.3. The van der Waals surface area contributed by atoms with Gasteiger partial charge in [-0.3, -0.25) is 19.2 Å². The lowest BCUT2D eigenvalue weighted by Gasteiger charge is -2.41. The van der Waals surface area contributed by atoms with Crippen molar-refractivity contribution < 1.29 is 39.6 Å². The molecule has 1 aliphatic carbocycles. The third kappa shape index (κ3) is 1.45. The van der Waals surface area contributed by atoms with Crippen LogP contribution >= 0.6 is 0 Å². The lowest BCUT2D eigenvalue weighted by atomic mass is 9.55. The molecule has 8 heteroatoms. The number of hydrogen-bond acceptors (Lipinski definition) is 4. The zero-order valence-electron chi connectivity index (χ0n) is 9.25. The molecule has 1 saturated carbocycles. The Kier molecular flexibility index (Phi) is 3.32. The summed E-state index contributed by atoms with van der Waals surface area (Å²) in [7, 11) is 0. The molecule has 0 aliphatic heterocycles. The molecule has 0 heterocycles. The Morgan fingerprint density at radius 3 is 1.00 bits per heavy atom. The Balaban J connectivity index is 3.61. The average molecular weight is 260 g/mol. The maximum atomic E-state index is 11.2. The van der Waals surface area contributed by atoms with Crippen LogP contribution in [0.15, 0.2) is 0 Å². The summed E-state index contributed by atoms with van der Waals surface area (Å²) in [4.78, 5) is 44.9. The van der Waals surface area contributed by atoms with Gasteiger partial charge in [0.1, 0.15) is 0 Å². The Morgan fingerprint density at radius 1 is 0.611 bits per heavy atom. The van der Waals surface area contributed by atoms with Crippen LogP contribution < -0.4 is 0 Å². The van der Waals surface area contributed by atoms with Gasteiger partial charge in [-0.05, 0) is 12.8 Å². The summed E-state index contributed by atoms with van der Waals surface area (Å²) in [5.74, 6) is -7.72. The Bertz CT molecular complexity index is 356. The summed E-state index contributed by atoms with van der Waals surface area (Å²) >= 11 is 0. The molecule has 0 aromatic rings. The number of carbonyl (C=O) groups is 4. The van der Waals surface area contributed by atoms with Gasteiger partial charge in [-0.2, -0.15) is 0 Å². The van der Waals surface area contributed by atoms with E-state index in [1.54, 1.807) is 0 Å². The Labute approximate surface area is 101 Å². The summed E-state index contributed by atoms with van der Waals surface area (Å²) in [6, 6.07) is 0. The largest absolute Gasteiger partial charge is 0.480 e. The number of aliphatic carboxylic acids is 4. The number of rotatable bonds is 4. The van der Waals surface area contributed by atoms with Crippen molar-refractivity contribution in [1.82, 2.24) is 0 Å².